The monoisotopic (exact) mass is 475 g/mol. The third kappa shape index (κ3) is 5.08. The summed E-state index contributed by atoms with van der Waals surface area (Å²) in [5, 5.41) is 12.3. The number of aliphatic imine (C=N–C) groups is 1. The van der Waals surface area contributed by atoms with Gasteiger partial charge in [-0.25, -0.2) is 4.79 Å². The van der Waals surface area contributed by atoms with Crippen LogP contribution < -0.4 is 21.6 Å². The molecule has 4 rings (SSSR count). The Kier molecular flexibility index (Phi) is 6.63. The van der Waals surface area contributed by atoms with Crippen LogP contribution >= 0.6 is 11.3 Å². The first-order chi connectivity index (χ1) is 16.2. The first-order valence-corrected chi connectivity index (χ1v) is 11.7. The Morgan fingerprint density at radius 1 is 1.12 bits per heavy atom. The lowest BCUT2D eigenvalue weighted by molar-refractivity contribution is -0.594. The van der Waals surface area contributed by atoms with Crippen molar-refractivity contribution in [2.75, 3.05) is 18.0 Å². The van der Waals surface area contributed by atoms with E-state index in [1.54, 1.807) is 42.5 Å². The molecule has 0 unspecified atom stereocenters. The maximum atomic E-state index is 13.4. The number of anilines is 2. The molecule has 0 atom stereocenters. The van der Waals surface area contributed by atoms with Gasteiger partial charge in [-0.15, -0.1) is 4.57 Å². The molecule has 2 aromatic heterocycles. The Morgan fingerprint density at radius 2 is 1.88 bits per heavy atom. The number of nitrogen functional groups attached to an aromatic ring is 2. The molecule has 34 heavy (non-hydrogen) atoms. The van der Waals surface area contributed by atoms with Crippen molar-refractivity contribution < 1.29 is 14.1 Å². The first-order valence-electron chi connectivity index (χ1n) is 10.8. The summed E-state index contributed by atoms with van der Waals surface area (Å²) >= 11 is 1.39. The van der Waals surface area contributed by atoms with E-state index >= 15 is 0 Å². The van der Waals surface area contributed by atoms with Crippen LogP contribution in [0.3, 0.4) is 0 Å². The second kappa shape index (κ2) is 9.62. The fourth-order valence-corrected chi connectivity index (χ4v) is 4.41. The van der Waals surface area contributed by atoms with E-state index in [4.69, 9.17) is 15.9 Å². The molecule has 0 spiro atoms. The van der Waals surface area contributed by atoms with Gasteiger partial charge in [0, 0.05) is 41.0 Å². The van der Waals surface area contributed by atoms with E-state index in [-0.39, 0.29) is 11.2 Å². The molecule has 0 aliphatic heterocycles. The number of furan rings is 1. The molecule has 0 saturated heterocycles. The summed E-state index contributed by atoms with van der Waals surface area (Å²) < 4.78 is 6.93. The lowest BCUT2D eigenvalue weighted by atomic mass is 10.0. The molecular formula is C26H27N4O3S+. The molecule has 5 N–H and O–H groups in total. The van der Waals surface area contributed by atoms with Crippen molar-refractivity contribution in [1.29, 1.82) is 0 Å². The topological polar surface area (TPSA) is 119 Å². The number of hydrogen-bond donors (Lipinski definition) is 3. The number of aliphatic hydroxyl groups is 1. The van der Waals surface area contributed by atoms with Crippen molar-refractivity contribution in [3.8, 4) is 27.4 Å². The summed E-state index contributed by atoms with van der Waals surface area (Å²) in [4.78, 5) is 17.8. The summed E-state index contributed by atoms with van der Waals surface area (Å²) in [7, 11) is 0. The van der Waals surface area contributed by atoms with Gasteiger partial charge in [-0.3, -0.25) is 4.99 Å². The van der Waals surface area contributed by atoms with Crippen LogP contribution in [-0.4, -0.2) is 23.5 Å². The van der Waals surface area contributed by atoms with Crippen LogP contribution in [0.5, 0.6) is 0 Å². The van der Waals surface area contributed by atoms with E-state index in [2.05, 4.69) is 4.99 Å². The molecule has 0 aliphatic carbocycles. The van der Waals surface area contributed by atoms with Gasteiger partial charge in [0.15, 0.2) is 5.69 Å². The Labute approximate surface area is 201 Å². The van der Waals surface area contributed by atoms with Crippen molar-refractivity contribution in [3.63, 3.8) is 0 Å². The largest absolute Gasteiger partial charge is 0.472 e. The molecule has 4 aromatic rings. The Bertz CT molecular complexity index is 1370. The molecule has 2 heterocycles. The zero-order valence-corrected chi connectivity index (χ0v) is 19.9. The van der Waals surface area contributed by atoms with Gasteiger partial charge >= 0.3 is 5.56 Å². The van der Waals surface area contributed by atoms with Crippen LogP contribution in [0.15, 0.2) is 80.6 Å². The number of aromatic nitrogens is 1. The second-order valence-corrected chi connectivity index (χ2v) is 9.47. The van der Waals surface area contributed by atoms with Crippen molar-refractivity contribution in [3.05, 3.63) is 82.4 Å². The van der Waals surface area contributed by atoms with Crippen molar-refractivity contribution in [1.82, 2.24) is 0 Å². The van der Waals surface area contributed by atoms with Crippen molar-refractivity contribution in [2.45, 2.75) is 25.9 Å². The van der Waals surface area contributed by atoms with Gasteiger partial charge in [0.05, 0.1) is 29.3 Å². The minimum atomic E-state index is -0.806. The highest BCUT2D eigenvalue weighted by atomic mass is 32.1. The summed E-state index contributed by atoms with van der Waals surface area (Å²) in [6.07, 6.45) is 5.37. The molecule has 174 valence electrons. The molecule has 7 nitrogen and oxygen atoms in total. The van der Waals surface area contributed by atoms with Gasteiger partial charge < -0.3 is 21.0 Å². The molecule has 2 aromatic carbocycles. The molecule has 0 saturated carbocycles. The Balaban J connectivity index is 1.93. The third-order valence-corrected chi connectivity index (χ3v) is 6.34. The average molecular weight is 476 g/mol. The van der Waals surface area contributed by atoms with Crippen LogP contribution in [-0.2, 0) is 0 Å². The van der Waals surface area contributed by atoms with E-state index in [1.807, 2.05) is 48.5 Å². The maximum Gasteiger partial charge on any atom is 0.443 e. The maximum absolute atomic E-state index is 13.4. The number of hydrogen-bond acceptors (Lipinski definition) is 7. The Hall–Kier alpha value is -3.75. The van der Waals surface area contributed by atoms with E-state index in [9.17, 15) is 9.90 Å². The third-order valence-electron chi connectivity index (χ3n) is 5.33. The minimum absolute atomic E-state index is 0.153. The highest BCUT2D eigenvalue weighted by Gasteiger charge is 2.27. The number of nitrogens with zero attached hydrogens (tertiary/aromatic N) is 2. The normalized spacial score (nSPS) is 11.9. The van der Waals surface area contributed by atoms with Crippen molar-refractivity contribution in [2.24, 2.45) is 4.99 Å². The molecule has 0 amide bonds. The van der Waals surface area contributed by atoms with Gasteiger partial charge in [0.2, 0.25) is 5.69 Å². The zero-order valence-electron chi connectivity index (χ0n) is 19.1. The van der Waals surface area contributed by atoms with E-state index in [1.165, 1.54) is 11.3 Å². The molecule has 0 aliphatic rings. The fourth-order valence-electron chi connectivity index (χ4n) is 3.51. The van der Waals surface area contributed by atoms with Crippen LogP contribution in [0.25, 0.3) is 27.4 Å². The van der Waals surface area contributed by atoms with Crippen LogP contribution in [0, 0.1) is 0 Å². The quantitative estimate of drug-likeness (QED) is 0.212. The molecule has 0 fully saturated rings. The smallest absolute Gasteiger partial charge is 0.443 e. The molecule has 0 radical (unpaired) electrons. The highest BCUT2D eigenvalue weighted by Crippen LogP contribution is 2.31. The predicted molar refractivity (Wildman–Crippen MR) is 137 cm³/mol. The van der Waals surface area contributed by atoms with Gasteiger partial charge in [0.1, 0.15) is 0 Å². The van der Waals surface area contributed by atoms with Gasteiger partial charge in [-0.05, 0) is 44.5 Å². The van der Waals surface area contributed by atoms with Crippen LogP contribution in [0.1, 0.15) is 25.8 Å². The van der Waals surface area contributed by atoms with E-state index in [0.717, 1.165) is 21.7 Å². The number of rotatable bonds is 7. The molecule has 0 bridgehead atoms. The average Bonchev–Trinajstić information content (AvgIpc) is 3.34. The van der Waals surface area contributed by atoms with E-state index in [0.29, 0.717) is 29.9 Å². The van der Waals surface area contributed by atoms with Gasteiger partial charge in [-0.1, -0.05) is 29.5 Å². The summed E-state index contributed by atoms with van der Waals surface area (Å²) in [5.74, 6) is 0. The second-order valence-electron chi connectivity index (χ2n) is 8.61. The highest BCUT2D eigenvalue weighted by molar-refractivity contribution is 7.12. The van der Waals surface area contributed by atoms with E-state index < -0.39 is 5.60 Å². The van der Waals surface area contributed by atoms with Gasteiger partial charge in [-0.2, -0.15) is 0 Å². The van der Waals surface area contributed by atoms with Gasteiger partial charge in [0.25, 0.3) is 5.01 Å². The minimum Gasteiger partial charge on any atom is -0.472 e. The summed E-state index contributed by atoms with van der Waals surface area (Å²) in [6.45, 7) is 3.93. The first kappa shape index (κ1) is 23.4. The van der Waals surface area contributed by atoms with Crippen molar-refractivity contribution >= 4 is 28.9 Å². The zero-order chi connectivity index (χ0) is 24.3. The number of nitrogens with two attached hydrogens (primary N) is 2. The predicted octanol–water partition coefficient (Wildman–Crippen LogP) is 4.06. The van der Waals surface area contributed by atoms with Crippen LogP contribution in [0.2, 0.25) is 0 Å². The fraction of sp³-hybridized carbons (Fsp3) is 0.192. The summed E-state index contributed by atoms with van der Waals surface area (Å²) in [5.41, 5.74) is 15.7. The molecule has 8 heteroatoms. The lowest BCUT2D eigenvalue weighted by Crippen LogP contribution is -2.50. The Morgan fingerprint density at radius 3 is 2.56 bits per heavy atom. The summed E-state index contributed by atoms with van der Waals surface area (Å²) in [6, 6.07) is 15.1. The van der Waals surface area contributed by atoms with Crippen LogP contribution in [0.4, 0.5) is 11.4 Å². The SMILES string of the molecule is CC(C)(O)CCN=Cc1cc(-[n+]2c(-c3ccccc3)scc(N)c2=O)c(-c2ccoc2)cc1N. The molecular weight excluding hydrogens is 448 g/mol. The number of benzene rings is 2. The lowest BCUT2D eigenvalue weighted by Gasteiger charge is -2.14. The standard InChI is InChI=1S/C26H27N4O3S/c1-26(2,32)9-10-29-14-19-12-23(20(13-21(19)27)18-8-11-33-15-18)30-24(31)22(28)16-34-25(30)17-6-4-3-5-7-17/h3-8,11-16,32H,9-10,27-28H2,1-2H3/q+1.